The molecule has 0 spiro atoms. The fourth-order valence-corrected chi connectivity index (χ4v) is 2.79. The summed E-state index contributed by atoms with van der Waals surface area (Å²) in [5, 5.41) is 5.09. The predicted molar refractivity (Wildman–Crippen MR) is 91.3 cm³/mol. The Hall–Kier alpha value is -2.38. The van der Waals surface area contributed by atoms with Crippen LogP contribution in [0.25, 0.3) is 0 Å². The topological polar surface area (TPSA) is 89.7 Å². The molecule has 0 aliphatic heterocycles. The molecule has 0 fully saturated rings. The van der Waals surface area contributed by atoms with E-state index in [2.05, 4.69) is 0 Å². The molecule has 1 atom stereocenters. The number of ether oxygens (including phenoxy) is 1. The molecule has 0 heterocycles. The summed E-state index contributed by atoms with van der Waals surface area (Å²) in [5.41, 5.74) is 1.36. The lowest BCUT2D eigenvalue weighted by atomic mass is 10.1. The number of amides is 1. The van der Waals surface area contributed by atoms with Crippen LogP contribution in [0.15, 0.2) is 53.4 Å². The van der Waals surface area contributed by atoms with E-state index in [1.807, 2.05) is 6.92 Å². The third kappa shape index (κ3) is 3.93. The Morgan fingerprint density at radius 3 is 2.08 bits per heavy atom. The van der Waals surface area contributed by atoms with Gasteiger partial charge in [-0.05, 0) is 48.9 Å². The van der Waals surface area contributed by atoms with E-state index in [-0.39, 0.29) is 16.8 Å². The molecule has 128 valence electrons. The van der Waals surface area contributed by atoms with Gasteiger partial charge in [0.1, 0.15) is 5.75 Å². The van der Waals surface area contributed by atoms with E-state index < -0.39 is 10.0 Å². The largest absolute Gasteiger partial charge is 0.497 e. The number of carbonyl (C=O) groups is 1. The molecule has 0 aliphatic rings. The molecule has 0 aliphatic carbocycles. The van der Waals surface area contributed by atoms with Crippen molar-refractivity contribution in [2.24, 2.45) is 5.14 Å². The zero-order chi connectivity index (χ0) is 17.9. The lowest BCUT2D eigenvalue weighted by molar-refractivity contribution is 0.0742. The second-order valence-corrected chi connectivity index (χ2v) is 7.00. The molecule has 2 aromatic rings. The smallest absolute Gasteiger partial charge is 0.254 e. The van der Waals surface area contributed by atoms with Crippen molar-refractivity contribution in [1.82, 2.24) is 4.90 Å². The van der Waals surface area contributed by atoms with Gasteiger partial charge in [0.15, 0.2) is 0 Å². The average molecular weight is 348 g/mol. The van der Waals surface area contributed by atoms with Crippen molar-refractivity contribution in [2.45, 2.75) is 17.9 Å². The minimum absolute atomic E-state index is 0.0441. The number of primary sulfonamides is 1. The van der Waals surface area contributed by atoms with Gasteiger partial charge in [0.25, 0.3) is 5.91 Å². The van der Waals surface area contributed by atoms with Gasteiger partial charge in [-0.1, -0.05) is 12.1 Å². The minimum atomic E-state index is -3.72. The van der Waals surface area contributed by atoms with Gasteiger partial charge in [-0.2, -0.15) is 0 Å². The number of nitrogens with two attached hydrogens (primary N) is 1. The van der Waals surface area contributed by atoms with Crippen LogP contribution in [0, 0.1) is 0 Å². The van der Waals surface area contributed by atoms with E-state index in [0.29, 0.717) is 11.3 Å². The van der Waals surface area contributed by atoms with Gasteiger partial charge in [0.2, 0.25) is 10.0 Å². The summed E-state index contributed by atoms with van der Waals surface area (Å²) in [4.78, 5) is 14.2. The number of benzene rings is 2. The van der Waals surface area contributed by atoms with Crippen LogP contribution in [-0.4, -0.2) is 33.4 Å². The lowest BCUT2D eigenvalue weighted by Gasteiger charge is -2.25. The van der Waals surface area contributed by atoms with E-state index in [0.717, 1.165) is 5.56 Å². The Bertz CT molecular complexity index is 815. The molecule has 6 nitrogen and oxygen atoms in total. The van der Waals surface area contributed by atoms with Crippen molar-refractivity contribution in [3.8, 4) is 5.75 Å². The fraction of sp³-hybridized carbons (Fsp3) is 0.235. The van der Waals surface area contributed by atoms with Gasteiger partial charge in [-0.25, -0.2) is 13.6 Å². The molecule has 2 N–H and O–H groups in total. The molecular formula is C17H20N2O4S. The monoisotopic (exact) mass is 348 g/mol. The molecule has 2 rings (SSSR count). The maximum atomic E-state index is 12.6. The van der Waals surface area contributed by atoms with Crippen molar-refractivity contribution < 1.29 is 17.9 Å². The summed E-state index contributed by atoms with van der Waals surface area (Å²) in [5.74, 6) is 0.543. The summed E-state index contributed by atoms with van der Waals surface area (Å²) in [7, 11) is -0.459. The van der Waals surface area contributed by atoms with Crippen LogP contribution in [0.1, 0.15) is 28.9 Å². The zero-order valence-electron chi connectivity index (χ0n) is 13.8. The van der Waals surface area contributed by atoms with Crippen LogP contribution >= 0.6 is 0 Å². The van der Waals surface area contributed by atoms with Crippen molar-refractivity contribution in [1.29, 1.82) is 0 Å². The first-order valence-corrected chi connectivity index (χ1v) is 8.82. The van der Waals surface area contributed by atoms with Crippen molar-refractivity contribution in [2.75, 3.05) is 14.2 Å². The first-order valence-electron chi connectivity index (χ1n) is 7.28. The third-order valence-corrected chi connectivity index (χ3v) is 4.86. The fourth-order valence-electron chi connectivity index (χ4n) is 2.27. The van der Waals surface area contributed by atoms with Crippen LogP contribution in [0.3, 0.4) is 0 Å². The molecule has 0 saturated heterocycles. The summed E-state index contributed by atoms with van der Waals surface area (Å²) in [6.45, 7) is 1.87. The summed E-state index contributed by atoms with van der Waals surface area (Å²) < 4.78 is 27.7. The Morgan fingerprint density at radius 2 is 1.62 bits per heavy atom. The highest BCUT2D eigenvalue weighted by molar-refractivity contribution is 7.89. The molecule has 0 radical (unpaired) electrons. The predicted octanol–water partition coefficient (Wildman–Crippen LogP) is 2.18. The SMILES string of the molecule is COc1ccc(C(=O)N(C)[C@H](C)c2ccc(S(N)(=O)=O)cc2)cc1. The van der Waals surface area contributed by atoms with E-state index in [4.69, 9.17) is 9.88 Å². The molecule has 24 heavy (non-hydrogen) atoms. The average Bonchev–Trinajstić information content (AvgIpc) is 2.59. The van der Waals surface area contributed by atoms with Gasteiger partial charge in [-0.15, -0.1) is 0 Å². The van der Waals surface area contributed by atoms with Gasteiger partial charge in [-0.3, -0.25) is 4.79 Å². The Labute approximate surface area is 141 Å². The standard InChI is InChI=1S/C17H20N2O4S/c1-12(13-6-10-16(11-7-13)24(18,21)22)19(2)17(20)14-4-8-15(23-3)9-5-14/h4-12H,1-3H3,(H2,18,21,22)/t12-/m1/s1. The summed E-state index contributed by atoms with van der Waals surface area (Å²) >= 11 is 0. The number of nitrogens with zero attached hydrogens (tertiary/aromatic N) is 1. The molecule has 0 saturated carbocycles. The highest BCUT2D eigenvalue weighted by atomic mass is 32.2. The van der Waals surface area contributed by atoms with Gasteiger partial charge in [0.05, 0.1) is 18.0 Å². The first kappa shape index (κ1) is 18.0. The zero-order valence-corrected chi connectivity index (χ0v) is 14.6. The van der Waals surface area contributed by atoms with Crippen molar-refractivity contribution in [3.05, 3.63) is 59.7 Å². The summed E-state index contributed by atoms with van der Waals surface area (Å²) in [6, 6.07) is 12.8. The number of sulfonamides is 1. The maximum Gasteiger partial charge on any atom is 0.254 e. The Morgan fingerprint density at radius 1 is 1.08 bits per heavy atom. The number of rotatable bonds is 5. The minimum Gasteiger partial charge on any atom is -0.497 e. The van der Waals surface area contributed by atoms with E-state index in [1.165, 1.54) is 12.1 Å². The van der Waals surface area contributed by atoms with Crippen LogP contribution in [0.2, 0.25) is 0 Å². The van der Waals surface area contributed by atoms with Gasteiger partial charge >= 0.3 is 0 Å². The number of carbonyl (C=O) groups excluding carboxylic acids is 1. The Balaban J connectivity index is 2.18. The molecule has 0 aromatic heterocycles. The Kier molecular flexibility index (Phi) is 5.26. The molecule has 2 aromatic carbocycles. The molecular weight excluding hydrogens is 328 g/mol. The maximum absolute atomic E-state index is 12.6. The van der Waals surface area contributed by atoms with Crippen LogP contribution in [-0.2, 0) is 10.0 Å². The van der Waals surface area contributed by atoms with Gasteiger partial charge < -0.3 is 9.64 Å². The normalized spacial score (nSPS) is 12.5. The second kappa shape index (κ2) is 7.02. The highest BCUT2D eigenvalue weighted by Crippen LogP contribution is 2.22. The second-order valence-electron chi connectivity index (χ2n) is 5.43. The van der Waals surface area contributed by atoms with Crippen molar-refractivity contribution in [3.63, 3.8) is 0 Å². The number of hydrogen-bond acceptors (Lipinski definition) is 4. The van der Waals surface area contributed by atoms with Gasteiger partial charge in [0, 0.05) is 12.6 Å². The number of methoxy groups -OCH3 is 1. The van der Waals surface area contributed by atoms with Crippen LogP contribution in [0.4, 0.5) is 0 Å². The van der Waals surface area contributed by atoms with E-state index in [1.54, 1.807) is 55.5 Å². The summed E-state index contributed by atoms with van der Waals surface area (Å²) in [6.07, 6.45) is 0. The quantitative estimate of drug-likeness (QED) is 0.897. The first-order chi connectivity index (χ1) is 11.2. The molecule has 0 unspecified atom stereocenters. The molecule has 1 amide bonds. The lowest BCUT2D eigenvalue weighted by Crippen LogP contribution is -2.29. The van der Waals surface area contributed by atoms with Crippen LogP contribution in [0.5, 0.6) is 5.75 Å². The highest BCUT2D eigenvalue weighted by Gasteiger charge is 2.19. The van der Waals surface area contributed by atoms with E-state index >= 15 is 0 Å². The molecule has 0 bridgehead atoms. The molecule has 7 heteroatoms. The third-order valence-electron chi connectivity index (χ3n) is 3.93. The van der Waals surface area contributed by atoms with E-state index in [9.17, 15) is 13.2 Å². The number of hydrogen-bond donors (Lipinski definition) is 1. The van der Waals surface area contributed by atoms with Crippen molar-refractivity contribution >= 4 is 15.9 Å². The van der Waals surface area contributed by atoms with Crippen LogP contribution < -0.4 is 9.88 Å².